The average molecular weight is 510 g/mol. The standard InChI is InChI=1S/C27H28BrNO4/c1-15(2)33-27(31)24-16(3)29-21-13-19(17-8-6-5-7-9-17)14-22(30)26(21)25(24)18-10-11-23(32-4)20(28)12-18/h5-12,15,19,25,29H,13-14H2,1-4H3/t19-,25+/m0/s1. The van der Waals surface area contributed by atoms with Crippen LogP contribution in [0.3, 0.4) is 0 Å². The van der Waals surface area contributed by atoms with Crippen LogP contribution >= 0.6 is 15.9 Å². The largest absolute Gasteiger partial charge is 0.496 e. The summed E-state index contributed by atoms with van der Waals surface area (Å²) in [5.74, 6) is -0.0644. The maximum Gasteiger partial charge on any atom is 0.337 e. The van der Waals surface area contributed by atoms with Crippen molar-refractivity contribution in [3.05, 3.63) is 86.7 Å². The number of allylic oxidation sites excluding steroid dienone is 3. The van der Waals surface area contributed by atoms with E-state index >= 15 is 0 Å². The molecule has 4 rings (SSSR count). The summed E-state index contributed by atoms with van der Waals surface area (Å²) in [5, 5.41) is 3.39. The summed E-state index contributed by atoms with van der Waals surface area (Å²) < 4.78 is 11.7. The van der Waals surface area contributed by atoms with Gasteiger partial charge >= 0.3 is 5.97 Å². The summed E-state index contributed by atoms with van der Waals surface area (Å²) in [6.07, 6.45) is 0.855. The summed E-state index contributed by atoms with van der Waals surface area (Å²) in [4.78, 5) is 26.8. The molecule has 2 aliphatic rings. The van der Waals surface area contributed by atoms with E-state index in [4.69, 9.17) is 9.47 Å². The number of esters is 1. The Kier molecular flexibility index (Phi) is 6.75. The van der Waals surface area contributed by atoms with Crippen LogP contribution in [0.1, 0.15) is 56.6 Å². The highest BCUT2D eigenvalue weighted by molar-refractivity contribution is 9.10. The molecule has 2 aromatic rings. The van der Waals surface area contributed by atoms with Crippen molar-refractivity contribution < 1.29 is 19.1 Å². The van der Waals surface area contributed by atoms with Crippen molar-refractivity contribution in [2.45, 2.75) is 51.6 Å². The lowest BCUT2D eigenvalue weighted by atomic mass is 9.71. The predicted molar refractivity (Wildman–Crippen MR) is 131 cm³/mol. The number of Topliss-reactive ketones (excluding diaryl/α,β-unsaturated/α-hetero) is 1. The van der Waals surface area contributed by atoms with E-state index in [-0.39, 0.29) is 17.8 Å². The molecule has 0 saturated carbocycles. The average Bonchev–Trinajstić information content (AvgIpc) is 2.78. The molecular formula is C27H28BrNO4. The van der Waals surface area contributed by atoms with Crippen molar-refractivity contribution in [3.8, 4) is 5.75 Å². The van der Waals surface area contributed by atoms with E-state index in [2.05, 4.69) is 33.4 Å². The Balaban J connectivity index is 1.82. The number of hydrogen-bond donors (Lipinski definition) is 1. The van der Waals surface area contributed by atoms with Crippen molar-refractivity contribution in [2.75, 3.05) is 7.11 Å². The van der Waals surface area contributed by atoms with Crippen LogP contribution in [0.15, 0.2) is 75.5 Å². The molecule has 0 amide bonds. The lowest BCUT2D eigenvalue weighted by Crippen LogP contribution is -2.36. The molecule has 0 saturated heterocycles. The SMILES string of the molecule is COc1ccc([C@@H]2C(C(=O)OC(C)C)=C(C)NC3=C2C(=O)C[C@@H](c2ccccc2)C3)cc1Br. The van der Waals surface area contributed by atoms with E-state index in [0.717, 1.165) is 27.0 Å². The van der Waals surface area contributed by atoms with E-state index < -0.39 is 11.9 Å². The van der Waals surface area contributed by atoms with Gasteiger partial charge in [0.05, 0.1) is 23.3 Å². The summed E-state index contributed by atoms with van der Waals surface area (Å²) in [5.41, 5.74) is 4.73. The lowest BCUT2D eigenvalue weighted by Gasteiger charge is -2.37. The van der Waals surface area contributed by atoms with E-state index in [9.17, 15) is 9.59 Å². The van der Waals surface area contributed by atoms with Gasteiger partial charge in [-0.15, -0.1) is 0 Å². The molecule has 6 heteroatoms. The van der Waals surface area contributed by atoms with Gasteiger partial charge < -0.3 is 14.8 Å². The van der Waals surface area contributed by atoms with Crippen LogP contribution < -0.4 is 10.1 Å². The van der Waals surface area contributed by atoms with Crippen molar-refractivity contribution in [3.63, 3.8) is 0 Å². The fourth-order valence-electron chi connectivity index (χ4n) is 4.74. The minimum atomic E-state index is -0.501. The van der Waals surface area contributed by atoms with Gasteiger partial charge in [-0.25, -0.2) is 4.79 Å². The number of benzene rings is 2. The molecule has 172 valence electrons. The molecule has 5 nitrogen and oxygen atoms in total. The summed E-state index contributed by atoms with van der Waals surface area (Å²) in [6, 6.07) is 15.8. The van der Waals surface area contributed by atoms with Crippen molar-refractivity contribution >= 4 is 27.7 Å². The Labute approximate surface area is 203 Å². The predicted octanol–water partition coefficient (Wildman–Crippen LogP) is 5.77. The molecule has 0 spiro atoms. The molecule has 0 bridgehead atoms. The number of carbonyl (C=O) groups is 2. The molecule has 1 aliphatic heterocycles. The number of dihydropyridines is 1. The number of methoxy groups -OCH3 is 1. The third-order valence-electron chi connectivity index (χ3n) is 6.17. The van der Waals surface area contributed by atoms with Gasteiger partial charge in [-0.3, -0.25) is 4.79 Å². The van der Waals surface area contributed by atoms with Gasteiger partial charge in [0.25, 0.3) is 0 Å². The maximum atomic E-state index is 13.6. The molecule has 0 unspecified atom stereocenters. The van der Waals surface area contributed by atoms with Crippen LogP contribution in [-0.4, -0.2) is 25.0 Å². The Morgan fingerprint density at radius 3 is 2.45 bits per heavy atom. The van der Waals surface area contributed by atoms with Crippen LogP contribution in [0.4, 0.5) is 0 Å². The number of nitrogens with one attached hydrogen (secondary N) is 1. The fourth-order valence-corrected chi connectivity index (χ4v) is 5.30. The molecule has 33 heavy (non-hydrogen) atoms. The second kappa shape index (κ2) is 9.56. The van der Waals surface area contributed by atoms with Gasteiger partial charge in [0, 0.05) is 29.3 Å². The van der Waals surface area contributed by atoms with Crippen LogP contribution in [0.25, 0.3) is 0 Å². The van der Waals surface area contributed by atoms with Gasteiger partial charge in [0.2, 0.25) is 0 Å². The second-order valence-electron chi connectivity index (χ2n) is 8.78. The first kappa shape index (κ1) is 23.3. The normalized spacial score (nSPS) is 20.5. The molecule has 0 radical (unpaired) electrons. The number of carbonyl (C=O) groups excluding carboxylic acids is 2. The summed E-state index contributed by atoms with van der Waals surface area (Å²) >= 11 is 3.56. The zero-order valence-electron chi connectivity index (χ0n) is 19.3. The first-order chi connectivity index (χ1) is 15.8. The van der Waals surface area contributed by atoms with Crippen molar-refractivity contribution in [1.29, 1.82) is 0 Å². The van der Waals surface area contributed by atoms with Crippen LogP contribution in [-0.2, 0) is 14.3 Å². The molecule has 2 atom stereocenters. The summed E-state index contributed by atoms with van der Waals surface area (Å²) in [7, 11) is 1.61. The van der Waals surface area contributed by atoms with Gasteiger partial charge in [-0.2, -0.15) is 0 Å². The van der Waals surface area contributed by atoms with Crippen molar-refractivity contribution in [2.24, 2.45) is 0 Å². The molecule has 1 aliphatic carbocycles. The molecular weight excluding hydrogens is 482 g/mol. The molecule has 1 N–H and O–H groups in total. The third-order valence-corrected chi connectivity index (χ3v) is 6.79. The Hall–Kier alpha value is -2.86. The molecule has 2 aromatic carbocycles. The Morgan fingerprint density at radius 2 is 1.82 bits per heavy atom. The monoisotopic (exact) mass is 509 g/mol. The van der Waals surface area contributed by atoms with Gasteiger partial charge in [0.1, 0.15) is 5.75 Å². The molecule has 0 aromatic heterocycles. The lowest BCUT2D eigenvalue weighted by molar-refractivity contribution is -0.143. The van der Waals surface area contributed by atoms with Crippen LogP contribution in [0.5, 0.6) is 5.75 Å². The number of hydrogen-bond acceptors (Lipinski definition) is 5. The maximum absolute atomic E-state index is 13.6. The molecule has 1 heterocycles. The molecule has 0 fully saturated rings. The minimum absolute atomic E-state index is 0.0527. The van der Waals surface area contributed by atoms with Gasteiger partial charge in [-0.05, 0) is 72.3 Å². The van der Waals surface area contributed by atoms with Gasteiger partial charge in [0.15, 0.2) is 5.78 Å². The highest BCUT2D eigenvalue weighted by atomic mass is 79.9. The van der Waals surface area contributed by atoms with E-state index in [1.165, 1.54) is 0 Å². The third kappa shape index (κ3) is 4.62. The number of rotatable bonds is 5. The fraction of sp³-hybridized carbons (Fsp3) is 0.333. The Bertz CT molecular complexity index is 1150. The quantitative estimate of drug-likeness (QED) is 0.518. The van der Waals surface area contributed by atoms with E-state index in [1.807, 2.05) is 57.2 Å². The van der Waals surface area contributed by atoms with Crippen LogP contribution in [0.2, 0.25) is 0 Å². The topological polar surface area (TPSA) is 64.6 Å². The van der Waals surface area contributed by atoms with Gasteiger partial charge in [-0.1, -0.05) is 36.4 Å². The number of halogens is 1. The first-order valence-electron chi connectivity index (χ1n) is 11.1. The van der Waals surface area contributed by atoms with E-state index in [1.54, 1.807) is 7.11 Å². The highest BCUT2D eigenvalue weighted by Crippen LogP contribution is 2.46. The smallest absolute Gasteiger partial charge is 0.337 e. The summed E-state index contributed by atoms with van der Waals surface area (Å²) in [6.45, 7) is 5.52. The number of ether oxygens (including phenoxy) is 2. The first-order valence-corrected chi connectivity index (χ1v) is 11.9. The zero-order valence-corrected chi connectivity index (χ0v) is 20.9. The highest BCUT2D eigenvalue weighted by Gasteiger charge is 2.41. The minimum Gasteiger partial charge on any atom is -0.496 e. The number of ketones is 1. The van der Waals surface area contributed by atoms with Crippen LogP contribution in [0, 0.1) is 0 Å². The second-order valence-corrected chi connectivity index (χ2v) is 9.63. The zero-order chi connectivity index (χ0) is 23.7. The van der Waals surface area contributed by atoms with Crippen molar-refractivity contribution in [1.82, 2.24) is 5.32 Å². The Morgan fingerprint density at radius 1 is 1.09 bits per heavy atom. The van der Waals surface area contributed by atoms with E-state index in [0.29, 0.717) is 29.7 Å².